The maximum absolute atomic E-state index is 9.05. The van der Waals surface area contributed by atoms with Gasteiger partial charge >= 0.3 is 0 Å². The van der Waals surface area contributed by atoms with Crippen LogP contribution in [0.4, 0.5) is 0 Å². The largest absolute Gasteiger partial charge is 0.396 e. The van der Waals surface area contributed by atoms with Crippen molar-refractivity contribution < 1.29 is 5.11 Å². The van der Waals surface area contributed by atoms with Crippen LogP contribution in [0.5, 0.6) is 0 Å². The van der Waals surface area contributed by atoms with Gasteiger partial charge in [0, 0.05) is 19.2 Å². The lowest BCUT2D eigenvalue weighted by Crippen LogP contribution is -2.33. The van der Waals surface area contributed by atoms with E-state index in [1.807, 2.05) is 0 Å². The third-order valence-corrected chi connectivity index (χ3v) is 3.89. The van der Waals surface area contributed by atoms with Gasteiger partial charge in [0.15, 0.2) is 0 Å². The van der Waals surface area contributed by atoms with Gasteiger partial charge in [0.1, 0.15) is 0 Å². The van der Waals surface area contributed by atoms with Crippen LogP contribution in [0.25, 0.3) is 0 Å². The molecule has 0 heterocycles. The van der Waals surface area contributed by atoms with Crippen LogP contribution < -0.4 is 0 Å². The Balaban J connectivity index is 2.15. The van der Waals surface area contributed by atoms with E-state index in [1.54, 1.807) is 0 Å². The minimum absolute atomic E-state index is 0.300. The molecule has 0 aromatic heterocycles. The maximum Gasteiger partial charge on any atom is 0.0443 e. The number of benzene rings is 1. The maximum atomic E-state index is 9.05. The van der Waals surface area contributed by atoms with Crippen LogP contribution in [-0.2, 0) is 6.42 Å². The molecule has 0 saturated heterocycles. The lowest BCUT2D eigenvalue weighted by Gasteiger charge is -2.35. The minimum atomic E-state index is 0.300. The summed E-state index contributed by atoms with van der Waals surface area (Å²) in [4.78, 5) is 2.56. The van der Waals surface area contributed by atoms with Crippen molar-refractivity contribution in [2.75, 3.05) is 19.7 Å². The standard InChI is InChI=1S/C16H25NO/c1-2-11-17(12-6-13-18)16-10-5-8-14-7-3-4-9-15(14)16/h3-4,7,9,16,18H,2,5-6,8,10-13H2,1H3/t16-/m1/s1. The van der Waals surface area contributed by atoms with Crippen LogP contribution in [0.1, 0.15) is 49.8 Å². The fourth-order valence-electron chi connectivity index (χ4n) is 3.09. The Bertz CT molecular complexity index is 364. The van der Waals surface area contributed by atoms with Crippen LogP contribution in [-0.4, -0.2) is 29.7 Å². The first-order valence-electron chi connectivity index (χ1n) is 7.29. The van der Waals surface area contributed by atoms with E-state index < -0.39 is 0 Å². The highest BCUT2D eigenvalue weighted by atomic mass is 16.3. The van der Waals surface area contributed by atoms with Crippen molar-refractivity contribution >= 4 is 0 Å². The highest BCUT2D eigenvalue weighted by molar-refractivity contribution is 5.32. The van der Waals surface area contributed by atoms with Gasteiger partial charge in [0.25, 0.3) is 0 Å². The van der Waals surface area contributed by atoms with Crippen LogP contribution in [0.15, 0.2) is 24.3 Å². The number of aliphatic hydroxyl groups is 1. The van der Waals surface area contributed by atoms with Crippen LogP contribution in [0.2, 0.25) is 0 Å². The smallest absolute Gasteiger partial charge is 0.0443 e. The summed E-state index contributed by atoms with van der Waals surface area (Å²) in [5, 5.41) is 9.05. The number of aryl methyl sites for hydroxylation is 1. The van der Waals surface area contributed by atoms with E-state index >= 15 is 0 Å². The van der Waals surface area contributed by atoms with E-state index in [1.165, 1.54) is 36.8 Å². The zero-order valence-electron chi connectivity index (χ0n) is 11.4. The van der Waals surface area contributed by atoms with Gasteiger partial charge in [0.2, 0.25) is 0 Å². The van der Waals surface area contributed by atoms with E-state index in [0.29, 0.717) is 12.6 Å². The number of aliphatic hydroxyl groups excluding tert-OH is 1. The number of fused-ring (bicyclic) bond motifs is 1. The van der Waals surface area contributed by atoms with Gasteiger partial charge in [-0.25, -0.2) is 0 Å². The first-order chi connectivity index (χ1) is 8.86. The summed E-state index contributed by atoms with van der Waals surface area (Å²) in [6, 6.07) is 9.45. The second-order valence-corrected chi connectivity index (χ2v) is 5.22. The van der Waals surface area contributed by atoms with Crippen LogP contribution in [0.3, 0.4) is 0 Å². The average Bonchev–Trinajstić information content (AvgIpc) is 2.43. The molecule has 18 heavy (non-hydrogen) atoms. The topological polar surface area (TPSA) is 23.5 Å². The molecule has 2 rings (SSSR count). The Morgan fingerprint density at radius 3 is 2.89 bits per heavy atom. The third kappa shape index (κ3) is 3.12. The molecule has 0 saturated carbocycles. The SMILES string of the molecule is CCCN(CCCO)[C@@H]1CCCc2ccccc21. The molecule has 0 fully saturated rings. The Hall–Kier alpha value is -0.860. The molecule has 0 radical (unpaired) electrons. The fraction of sp³-hybridized carbons (Fsp3) is 0.625. The minimum Gasteiger partial charge on any atom is -0.396 e. The van der Waals surface area contributed by atoms with E-state index in [9.17, 15) is 0 Å². The predicted octanol–water partition coefficient (Wildman–Crippen LogP) is 3.16. The first-order valence-corrected chi connectivity index (χ1v) is 7.29. The van der Waals surface area contributed by atoms with Crippen molar-refractivity contribution in [3.63, 3.8) is 0 Å². The number of rotatable bonds is 6. The van der Waals surface area contributed by atoms with Crippen LogP contribution in [0, 0.1) is 0 Å². The molecule has 0 aliphatic heterocycles. The fourth-order valence-corrected chi connectivity index (χ4v) is 3.09. The molecular formula is C16H25NO. The van der Waals surface area contributed by atoms with E-state index in [4.69, 9.17) is 5.11 Å². The Morgan fingerprint density at radius 1 is 1.28 bits per heavy atom. The van der Waals surface area contributed by atoms with Gasteiger partial charge in [-0.15, -0.1) is 0 Å². The normalized spacial score (nSPS) is 18.9. The number of hydrogen-bond donors (Lipinski definition) is 1. The highest BCUT2D eigenvalue weighted by Crippen LogP contribution is 2.34. The first kappa shape index (κ1) is 13.6. The lowest BCUT2D eigenvalue weighted by atomic mass is 9.86. The number of nitrogens with zero attached hydrogens (tertiary/aromatic N) is 1. The van der Waals surface area contributed by atoms with Gasteiger partial charge in [-0.3, -0.25) is 4.90 Å². The molecule has 1 aromatic carbocycles. The van der Waals surface area contributed by atoms with Crippen LogP contribution >= 0.6 is 0 Å². The molecule has 1 aliphatic rings. The summed E-state index contributed by atoms with van der Waals surface area (Å²) in [6.45, 7) is 4.69. The summed E-state index contributed by atoms with van der Waals surface area (Å²) in [5.74, 6) is 0. The molecule has 0 unspecified atom stereocenters. The summed E-state index contributed by atoms with van der Waals surface area (Å²) in [7, 11) is 0. The molecule has 1 N–H and O–H groups in total. The Labute approximate surface area is 111 Å². The molecule has 1 atom stereocenters. The van der Waals surface area contributed by atoms with Gasteiger partial charge in [-0.2, -0.15) is 0 Å². The summed E-state index contributed by atoms with van der Waals surface area (Å²) < 4.78 is 0. The van der Waals surface area contributed by atoms with E-state index in [0.717, 1.165) is 19.5 Å². The molecule has 0 spiro atoms. The van der Waals surface area contributed by atoms with Gasteiger partial charge in [-0.05, 0) is 49.8 Å². The second-order valence-electron chi connectivity index (χ2n) is 5.22. The third-order valence-electron chi connectivity index (χ3n) is 3.89. The zero-order valence-corrected chi connectivity index (χ0v) is 11.4. The summed E-state index contributed by atoms with van der Waals surface area (Å²) >= 11 is 0. The van der Waals surface area contributed by atoms with Crippen molar-refractivity contribution in [3.05, 3.63) is 35.4 Å². The Kier molecular flexibility index (Phi) is 5.21. The Morgan fingerprint density at radius 2 is 2.11 bits per heavy atom. The van der Waals surface area contributed by atoms with Crippen molar-refractivity contribution in [2.24, 2.45) is 0 Å². The molecule has 1 aliphatic carbocycles. The average molecular weight is 247 g/mol. The molecule has 2 heteroatoms. The van der Waals surface area contributed by atoms with Gasteiger partial charge in [0.05, 0.1) is 0 Å². The van der Waals surface area contributed by atoms with Crippen molar-refractivity contribution in [2.45, 2.75) is 45.1 Å². The monoisotopic (exact) mass is 247 g/mol. The molecule has 2 nitrogen and oxygen atoms in total. The second kappa shape index (κ2) is 6.91. The predicted molar refractivity (Wildman–Crippen MR) is 75.7 cm³/mol. The molecular weight excluding hydrogens is 222 g/mol. The molecule has 1 aromatic rings. The van der Waals surface area contributed by atoms with Gasteiger partial charge < -0.3 is 5.11 Å². The highest BCUT2D eigenvalue weighted by Gasteiger charge is 2.24. The van der Waals surface area contributed by atoms with Crippen molar-refractivity contribution in [3.8, 4) is 0 Å². The van der Waals surface area contributed by atoms with E-state index in [-0.39, 0.29) is 0 Å². The zero-order chi connectivity index (χ0) is 12.8. The molecule has 0 amide bonds. The van der Waals surface area contributed by atoms with E-state index in [2.05, 4.69) is 36.1 Å². The summed E-state index contributed by atoms with van der Waals surface area (Å²) in [6.07, 6.45) is 5.86. The summed E-state index contributed by atoms with van der Waals surface area (Å²) in [5.41, 5.74) is 3.05. The van der Waals surface area contributed by atoms with Crippen molar-refractivity contribution in [1.29, 1.82) is 0 Å². The molecule has 0 bridgehead atoms. The quantitative estimate of drug-likeness (QED) is 0.834. The van der Waals surface area contributed by atoms with Gasteiger partial charge in [-0.1, -0.05) is 31.2 Å². The van der Waals surface area contributed by atoms with Crippen molar-refractivity contribution in [1.82, 2.24) is 4.90 Å². The number of hydrogen-bond acceptors (Lipinski definition) is 2. The lowest BCUT2D eigenvalue weighted by molar-refractivity contribution is 0.160. The molecule has 100 valence electrons.